The molecule has 0 spiro atoms. The molecule has 28 heavy (non-hydrogen) atoms. The Bertz CT molecular complexity index is 1030. The number of amides is 1. The van der Waals surface area contributed by atoms with Gasteiger partial charge in [-0.25, -0.2) is 18.2 Å². The fourth-order valence-corrected chi connectivity index (χ4v) is 4.14. The topological polar surface area (TPSA) is 100 Å². The van der Waals surface area contributed by atoms with E-state index >= 15 is 0 Å². The zero-order valence-electron chi connectivity index (χ0n) is 14.2. The number of carbonyl (C=O) groups is 1. The van der Waals surface area contributed by atoms with Gasteiger partial charge in [0.05, 0.1) is 10.4 Å². The first kappa shape index (κ1) is 18.3. The number of aliphatic imine (C=N–C) groups is 1. The molecular formula is C18H13F3N4O2S. The highest BCUT2D eigenvalue weighted by atomic mass is 32.1. The van der Waals surface area contributed by atoms with Gasteiger partial charge in [-0.05, 0) is 30.7 Å². The number of ether oxygens (including phenoxy) is 1. The van der Waals surface area contributed by atoms with Gasteiger partial charge in [0, 0.05) is 22.5 Å². The molecule has 6 nitrogen and oxygen atoms in total. The molecule has 3 N–H and O–H groups in total. The van der Waals surface area contributed by atoms with Crippen molar-refractivity contribution < 1.29 is 22.7 Å². The number of nitrogens with one attached hydrogen (secondary N) is 1. The minimum absolute atomic E-state index is 0.130. The van der Waals surface area contributed by atoms with Crippen molar-refractivity contribution in [3.63, 3.8) is 0 Å². The van der Waals surface area contributed by atoms with E-state index in [1.165, 1.54) is 17.5 Å². The Hall–Kier alpha value is -3.06. The van der Waals surface area contributed by atoms with Crippen LogP contribution in [0.1, 0.15) is 27.2 Å². The SMILES string of the molecule is N#Cc1csc(C(=O)Nc2ccc(F)c([C@@]3(C(F)F)N=C(N)O[C@@H]4C[C@@H]43)c2)c1. The summed E-state index contributed by atoms with van der Waals surface area (Å²) < 4.78 is 47.9. The Morgan fingerprint density at radius 2 is 2.25 bits per heavy atom. The molecule has 2 aliphatic rings. The molecule has 0 bridgehead atoms. The first-order valence-electron chi connectivity index (χ1n) is 8.25. The van der Waals surface area contributed by atoms with Gasteiger partial charge >= 0.3 is 0 Å². The van der Waals surface area contributed by atoms with Crippen LogP contribution in [0, 0.1) is 23.1 Å². The summed E-state index contributed by atoms with van der Waals surface area (Å²) in [5, 5.41) is 12.9. The number of nitrogens with zero attached hydrogens (tertiary/aromatic N) is 2. The van der Waals surface area contributed by atoms with Crippen LogP contribution in [0.5, 0.6) is 0 Å². The van der Waals surface area contributed by atoms with E-state index in [1.807, 2.05) is 6.07 Å². The van der Waals surface area contributed by atoms with Crippen molar-refractivity contribution in [2.45, 2.75) is 24.5 Å². The van der Waals surface area contributed by atoms with Gasteiger partial charge in [0.15, 0.2) is 5.54 Å². The van der Waals surface area contributed by atoms with Crippen LogP contribution in [-0.2, 0) is 10.3 Å². The molecule has 4 rings (SSSR count). The van der Waals surface area contributed by atoms with Crippen molar-refractivity contribution in [1.29, 1.82) is 5.26 Å². The average Bonchev–Trinajstić information content (AvgIpc) is 3.27. The summed E-state index contributed by atoms with van der Waals surface area (Å²) in [5.74, 6) is -2.10. The molecule has 0 radical (unpaired) electrons. The van der Waals surface area contributed by atoms with Crippen LogP contribution >= 0.6 is 11.3 Å². The van der Waals surface area contributed by atoms with Gasteiger partial charge in [-0.3, -0.25) is 4.79 Å². The second kappa shape index (κ2) is 6.53. The maximum Gasteiger partial charge on any atom is 0.283 e. The highest BCUT2D eigenvalue weighted by Crippen LogP contribution is 2.56. The molecule has 10 heteroatoms. The van der Waals surface area contributed by atoms with E-state index in [4.69, 9.17) is 15.7 Å². The molecule has 3 atom stereocenters. The Kier molecular flexibility index (Phi) is 4.27. The zero-order valence-corrected chi connectivity index (χ0v) is 15.0. The van der Waals surface area contributed by atoms with Crippen molar-refractivity contribution in [2.24, 2.45) is 16.6 Å². The van der Waals surface area contributed by atoms with Gasteiger partial charge in [-0.15, -0.1) is 11.3 Å². The van der Waals surface area contributed by atoms with Crippen LogP contribution in [0.4, 0.5) is 18.9 Å². The number of thiophene rings is 1. The van der Waals surface area contributed by atoms with Gasteiger partial charge in [0.2, 0.25) is 0 Å². The van der Waals surface area contributed by atoms with Gasteiger partial charge in [-0.1, -0.05) is 0 Å². The molecular weight excluding hydrogens is 393 g/mol. The fourth-order valence-electron chi connectivity index (χ4n) is 3.42. The zero-order chi connectivity index (χ0) is 20.1. The maximum absolute atomic E-state index is 14.6. The number of benzene rings is 1. The van der Waals surface area contributed by atoms with E-state index in [2.05, 4.69) is 10.3 Å². The lowest BCUT2D eigenvalue weighted by atomic mass is 9.84. The Labute approximate surface area is 161 Å². The number of hydrogen-bond donors (Lipinski definition) is 2. The predicted octanol–water partition coefficient (Wildman–Crippen LogP) is 3.20. The molecule has 2 heterocycles. The number of carbonyl (C=O) groups excluding carboxylic acids is 1. The average molecular weight is 406 g/mol. The summed E-state index contributed by atoms with van der Waals surface area (Å²) in [6.07, 6.45) is -3.25. The van der Waals surface area contributed by atoms with Crippen LogP contribution in [0.3, 0.4) is 0 Å². The third-order valence-corrected chi connectivity index (χ3v) is 5.73. The van der Waals surface area contributed by atoms with Crippen LogP contribution < -0.4 is 11.1 Å². The Morgan fingerprint density at radius 3 is 2.93 bits per heavy atom. The number of fused-ring (bicyclic) bond motifs is 1. The fraction of sp³-hybridized carbons (Fsp3) is 0.278. The largest absolute Gasteiger partial charge is 0.462 e. The highest BCUT2D eigenvalue weighted by Gasteiger charge is 2.64. The number of nitriles is 1. The number of nitrogens with two attached hydrogens (primary N) is 1. The minimum Gasteiger partial charge on any atom is -0.462 e. The summed E-state index contributed by atoms with van der Waals surface area (Å²) in [5.41, 5.74) is 3.50. The van der Waals surface area contributed by atoms with Crippen LogP contribution in [0.15, 0.2) is 34.6 Å². The number of rotatable bonds is 4. The number of halogens is 3. The third-order valence-electron chi connectivity index (χ3n) is 4.81. The molecule has 1 fully saturated rings. The van der Waals surface area contributed by atoms with E-state index in [0.29, 0.717) is 5.56 Å². The summed E-state index contributed by atoms with van der Waals surface area (Å²) >= 11 is 1.06. The molecule has 144 valence electrons. The van der Waals surface area contributed by atoms with E-state index in [0.717, 1.165) is 23.5 Å². The smallest absolute Gasteiger partial charge is 0.283 e. The van der Waals surface area contributed by atoms with E-state index in [-0.39, 0.29) is 22.5 Å². The monoisotopic (exact) mass is 406 g/mol. The highest BCUT2D eigenvalue weighted by molar-refractivity contribution is 7.12. The van der Waals surface area contributed by atoms with Gasteiger partial charge < -0.3 is 15.8 Å². The molecule has 0 unspecified atom stereocenters. The molecule has 1 aliphatic carbocycles. The van der Waals surface area contributed by atoms with Crippen LogP contribution in [-0.4, -0.2) is 24.5 Å². The lowest BCUT2D eigenvalue weighted by Gasteiger charge is -2.33. The lowest BCUT2D eigenvalue weighted by molar-refractivity contribution is 0.0177. The molecule has 0 saturated heterocycles. The molecule has 1 aromatic carbocycles. The van der Waals surface area contributed by atoms with Crippen molar-refractivity contribution in [3.05, 3.63) is 51.5 Å². The standard InChI is InChI=1S/C18H13F3N4O2S/c19-12-2-1-9(24-15(26)14-3-8(6-22)7-28-14)4-10(12)18(16(20)21)11-5-13(11)27-17(23)25-18/h1-4,7,11,13,16H,5H2,(H2,23,25)(H,24,26)/t11-,13+,18+/m0/s1. The second-order valence-corrected chi connectivity index (χ2v) is 7.45. The summed E-state index contributed by atoms with van der Waals surface area (Å²) in [6.45, 7) is 0. The number of hydrogen-bond acceptors (Lipinski definition) is 6. The molecule has 2 aromatic rings. The van der Waals surface area contributed by atoms with Crippen molar-refractivity contribution in [1.82, 2.24) is 0 Å². The van der Waals surface area contributed by atoms with E-state index in [1.54, 1.807) is 0 Å². The van der Waals surface area contributed by atoms with Gasteiger partial charge in [0.1, 0.15) is 18.0 Å². The number of amidine groups is 1. The van der Waals surface area contributed by atoms with Crippen molar-refractivity contribution in [2.75, 3.05) is 5.32 Å². The molecule has 1 saturated carbocycles. The molecule has 1 aromatic heterocycles. The third kappa shape index (κ3) is 2.88. The van der Waals surface area contributed by atoms with Crippen molar-refractivity contribution >= 4 is 29.0 Å². The Morgan fingerprint density at radius 1 is 1.46 bits per heavy atom. The van der Waals surface area contributed by atoms with Crippen molar-refractivity contribution in [3.8, 4) is 6.07 Å². The summed E-state index contributed by atoms with van der Waals surface area (Å²) in [6, 6.07) is 6.34. The number of anilines is 1. The summed E-state index contributed by atoms with van der Waals surface area (Å²) in [7, 11) is 0. The van der Waals surface area contributed by atoms with E-state index in [9.17, 15) is 18.0 Å². The maximum atomic E-state index is 14.6. The molecule has 1 aliphatic heterocycles. The molecule has 1 amide bonds. The normalized spacial score (nSPS) is 25.3. The Balaban J connectivity index is 1.70. The summed E-state index contributed by atoms with van der Waals surface area (Å²) in [4.78, 5) is 16.4. The van der Waals surface area contributed by atoms with Gasteiger partial charge in [-0.2, -0.15) is 5.26 Å². The quantitative estimate of drug-likeness (QED) is 0.814. The second-order valence-electron chi connectivity index (χ2n) is 6.53. The van der Waals surface area contributed by atoms with Crippen LogP contribution in [0.2, 0.25) is 0 Å². The first-order valence-corrected chi connectivity index (χ1v) is 9.13. The van der Waals surface area contributed by atoms with Crippen LogP contribution in [0.25, 0.3) is 0 Å². The first-order chi connectivity index (χ1) is 13.3. The number of alkyl halides is 2. The van der Waals surface area contributed by atoms with Gasteiger partial charge in [0.25, 0.3) is 18.4 Å². The predicted molar refractivity (Wildman–Crippen MR) is 95.7 cm³/mol. The minimum atomic E-state index is -3.01. The van der Waals surface area contributed by atoms with E-state index < -0.39 is 41.7 Å². The lowest BCUT2D eigenvalue weighted by Crippen LogP contribution is -2.43.